The van der Waals surface area contributed by atoms with Gasteiger partial charge in [0, 0.05) is 0 Å². The third kappa shape index (κ3) is 1.41. The molecule has 0 atom stereocenters. The molecule has 2 N–H and O–H groups in total. The van der Waals surface area contributed by atoms with E-state index in [0.717, 1.165) is 10.9 Å². The molecule has 1 aromatic carbocycles. The molecule has 0 aliphatic heterocycles. The molecule has 0 spiro atoms. The minimum Gasteiger partial charge on any atom is -0.478 e. The summed E-state index contributed by atoms with van der Waals surface area (Å²) in [5, 5.41) is 17.5. The van der Waals surface area contributed by atoms with E-state index in [0.29, 0.717) is 11.0 Å². The summed E-state index contributed by atoms with van der Waals surface area (Å²) in [6.45, 7) is 0. The largest absolute Gasteiger partial charge is 0.478 e. The number of hydrogen-bond acceptors (Lipinski definition) is 3. The van der Waals surface area contributed by atoms with Crippen LogP contribution >= 0.6 is 0 Å². The van der Waals surface area contributed by atoms with E-state index in [1.165, 1.54) is 18.2 Å². The monoisotopic (exact) mass is 206 g/mol. The number of carboxylic acids is 1. The lowest BCUT2D eigenvalue weighted by Gasteiger charge is -1.96. The average Bonchev–Trinajstić information content (AvgIpc) is 2.59. The van der Waals surface area contributed by atoms with Crippen LogP contribution in [0, 0.1) is 0 Å². The second-order valence-corrected chi connectivity index (χ2v) is 2.91. The fraction of sp³-hybridized carbons (Fsp3) is 0. The van der Waals surface area contributed by atoms with Crippen molar-refractivity contribution in [2.75, 3.05) is 0 Å². The number of carboxylic acid groups (broad SMARTS) is 2. The van der Waals surface area contributed by atoms with Crippen molar-refractivity contribution >= 4 is 23.1 Å². The SMILES string of the molecule is O=C(O)c1ccc2c(c1)ncn2C(=O)O. The molecular formula is C9H6N2O4. The van der Waals surface area contributed by atoms with Crippen molar-refractivity contribution < 1.29 is 19.8 Å². The second-order valence-electron chi connectivity index (χ2n) is 2.91. The quantitative estimate of drug-likeness (QED) is 0.732. The van der Waals surface area contributed by atoms with Gasteiger partial charge in [-0.2, -0.15) is 0 Å². The van der Waals surface area contributed by atoms with Crippen LogP contribution in [0.25, 0.3) is 11.0 Å². The first-order valence-electron chi connectivity index (χ1n) is 4.03. The number of nitrogens with zero attached hydrogens (tertiary/aromatic N) is 2. The number of aromatic carboxylic acids is 1. The maximum Gasteiger partial charge on any atom is 0.417 e. The topological polar surface area (TPSA) is 92.4 Å². The third-order valence-corrected chi connectivity index (χ3v) is 2.00. The van der Waals surface area contributed by atoms with E-state index in [4.69, 9.17) is 10.2 Å². The van der Waals surface area contributed by atoms with Gasteiger partial charge in [-0.25, -0.2) is 19.1 Å². The smallest absolute Gasteiger partial charge is 0.417 e. The van der Waals surface area contributed by atoms with Gasteiger partial charge in [0.1, 0.15) is 6.33 Å². The molecule has 0 unspecified atom stereocenters. The Kier molecular flexibility index (Phi) is 1.89. The molecule has 1 heterocycles. The zero-order valence-corrected chi connectivity index (χ0v) is 7.41. The number of benzene rings is 1. The molecule has 2 aromatic rings. The third-order valence-electron chi connectivity index (χ3n) is 2.00. The Labute approximate surface area is 83.4 Å². The Balaban J connectivity index is 2.66. The summed E-state index contributed by atoms with van der Waals surface area (Å²) >= 11 is 0. The van der Waals surface area contributed by atoms with Gasteiger partial charge >= 0.3 is 12.1 Å². The summed E-state index contributed by atoms with van der Waals surface area (Å²) in [5.41, 5.74) is 0.794. The first-order valence-corrected chi connectivity index (χ1v) is 4.03. The number of fused-ring (bicyclic) bond motifs is 1. The zero-order chi connectivity index (χ0) is 11.0. The lowest BCUT2D eigenvalue weighted by atomic mass is 10.2. The predicted octanol–water partition coefficient (Wildman–Crippen LogP) is 1.26. The van der Waals surface area contributed by atoms with Crippen LogP contribution in [-0.2, 0) is 0 Å². The molecule has 0 saturated heterocycles. The number of aromatic nitrogens is 2. The molecule has 0 fully saturated rings. The van der Waals surface area contributed by atoms with Crippen molar-refractivity contribution in [3.8, 4) is 0 Å². The highest BCUT2D eigenvalue weighted by atomic mass is 16.4. The minimum atomic E-state index is -1.15. The van der Waals surface area contributed by atoms with E-state index >= 15 is 0 Å². The molecule has 15 heavy (non-hydrogen) atoms. The highest BCUT2D eigenvalue weighted by molar-refractivity contribution is 5.94. The van der Waals surface area contributed by atoms with E-state index in [2.05, 4.69) is 4.98 Å². The number of carbonyl (C=O) groups is 2. The van der Waals surface area contributed by atoms with E-state index in [1.54, 1.807) is 0 Å². The lowest BCUT2D eigenvalue weighted by molar-refractivity contribution is 0.0697. The maximum absolute atomic E-state index is 10.7. The van der Waals surface area contributed by atoms with Crippen LogP contribution in [-0.4, -0.2) is 31.8 Å². The van der Waals surface area contributed by atoms with Gasteiger partial charge < -0.3 is 10.2 Å². The molecule has 2 rings (SSSR count). The molecular weight excluding hydrogens is 200 g/mol. The molecule has 6 nitrogen and oxygen atoms in total. The molecule has 0 bridgehead atoms. The Morgan fingerprint density at radius 1 is 1.27 bits per heavy atom. The Bertz CT molecular complexity index is 558. The first kappa shape index (κ1) is 9.20. The summed E-state index contributed by atoms with van der Waals surface area (Å²) < 4.78 is 0.932. The lowest BCUT2D eigenvalue weighted by Crippen LogP contribution is -2.05. The van der Waals surface area contributed by atoms with Crippen LogP contribution in [0.1, 0.15) is 10.4 Å². The summed E-state index contributed by atoms with van der Waals surface area (Å²) in [7, 11) is 0. The molecule has 6 heteroatoms. The minimum absolute atomic E-state index is 0.0816. The van der Waals surface area contributed by atoms with Gasteiger partial charge in [-0.15, -0.1) is 0 Å². The zero-order valence-electron chi connectivity index (χ0n) is 7.41. The van der Waals surface area contributed by atoms with Gasteiger partial charge in [0.25, 0.3) is 0 Å². The van der Waals surface area contributed by atoms with Crippen molar-refractivity contribution in [3.63, 3.8) is 0 Å². The standard InChI is InChI=1S/C9H6N2O4/c12-8(13)5-1-2-7-6(3-5)10-4-11(7)9(14)15/h1-4H,(H,12,13)(H,14,15). The van der Waals surface area contributed by atoms with Gasteiger partial charge in [-0.3, -0.25) is 0 Å². The van der Waals surface area contributed by atoms with Gasteiger partial charge in [-0.05, 0) is 18.2 Å². The van der Waals surface area contributed by atoms with Crippen molar-refractivity contribution in [3.05, 3.63) is 30.1 Å². The summed E-state index contributed by atoms with van der Waals surface area (Å²) in [6.07, 6.45) is -0.0147. The van der Waals surface area contributed by atoms with Crippen LogP contribution in [0.2, 0.25) is 0 Å². The van der Waals surface area contributed by atoms with Gasteiger partial charge in [0.05, 0.1) is 16.6 Å². The van der Waals surface area contributed by atoms with Gasteiger partial charge in [-0.1, -0.05) is 0 Å². The molecule has 0 radical (unpaired) electrons. The molecule has 1 aromatic heterocycles. The van der Waals surface area contributed by atoms with Crippen molar-refractivity contribution in [1.29, 1.82) is 0 Å². The predicted molar refractivity (Wildman–Crippen MR) is 50.1 cm³/mol. The normalized spacial score (nSPS) is 10.4. The van der Waals surface area contributed by atoms with Crippen molar-refractivity contribution in [2.24, 2.45) is 0 Å². The molecule has 76 valence electrons. The maximum atomic E-state index is 10.7. The van der Waals surface area contributed by atoms with Gasteiger partial charge in [0.15, 0.2) is 0 Å². The van der Waals surface area contributed by atoms with E-state index in [9.17, 15) is 9.59 Å². The highest BCUT2D eigenvalue weighted by Crippen LogP contribution is 2.14. The highest BCUT2D eigenvalue weighted by Gasteiger charge is 2.10. The van der Waals surface area contributed by atoms with Crippen LogP contribution in [0.3, 0.4) is 0 Å². The number of imidazole rings is 1. The van der Waals surface area contributed by atoms with E-state index < -0.39 is 12.1 Å². The van der Waals surface area contributed by atoms with Crippen molar-refractivity contribution in [2.45, 2.75) is 0 Å². The van der Waals surface area contributed by atoms with Crippen LogP contribution < -0.4 is 0 Å². The molecule has 0 saturated carbocycles. The molecule has 0 amide bonds. The van der Waals surface area contributed by atoms with Crippen molar-refractivity contribution in [1.82, 2.24) is 9.55 Å². The Morgan fingerprint density at radius 3 is 2.60 bits per heavy atom. The molecule has 0 aliphatic rings. The van der Waals surface area contributed by atoms with Crippen LogP contribution in [0.5, 0.6) is 0 Å². The summed E-state index contributed by atoms with van der Waals surface area (Å²) in [4.78, 5) is 25.1. The van der Waals surface area contributed by atoms with E-state index in [-0.39, 0.29) is 5.56 Å². The fourth-order valence-corrected chi connectivity index (χ4v) is 1.30. The van der Waals surface area contributed by atoms with Crippen LogP contribution in [0.4, 0.5) is 4.79 Å². The van der Waals surface area contributed by atoms with Gasteiger partial charge in [0.2, 0.25) is 0 Å². The summed E-state index contributed by atoms with van der Waals surface area (Å²) in [5.74, 6) is -1.07. The van der Waals surface area contributed by atoms with Crippen LogP contribution in [0.15, 0.2) is 24.5 Å². The number of hydrogen-bond donors (Lipinski definition) is 2. The average molecular weight is 206 g/mol. The Hall–Kier alpha value is -2.37. The fourth-order valence-electron chi connectivity index (χ4n) is 1.30. The first-order chi connectivity index (χ1) is 7.09. The molecule has 0 aliphatic carbocycles. The van der Waals surface area contributed by atoms with E-state index in [1.807, 2.05) is 0 Å². The second kappa shape index (κ2) is 3.09. The summed E-state index contributed by atoms with van der Waals surface area (Å²) in [6, 6.07) is 4.09. The Morgan fingerprint density at radius 2 is 2.00 bits per heavy atom. The number of rotatable bonds is 1.